The van der Waals surface area contributed by atoms with E-state index in [1.54, 1.807) is 6.92 Å². The van der Waals surface area contributed by atoms with Gasteiger partial charge in [-0.25, -0.2) is 0 Å². The van der Waals surface area contributed by atoms with Crippen molar-refractivity contribution in [1.29, 1.82) is 0 Å². The number of hydrogen-bond donors (Lipinski definition) is 2. The van der Waals surface area contributed by atoms with Gasteiger partial charge in [0.25, 0.3) is 0 Å². The summed E-state index contributed by atoms with van der Waals surface area (Å²) >= 11 is 0. The molecule has 2 N–H and O–H groups in total. The third kappa shape index (κ3) is 4.05. The first-order chi connectivity index (χ1) is 12.2. The van der Waals surface area contributed by atoms with Gasteiger partial charge in [0.2, 0.25) is 0 Å². The molecule has 1 aliphatic rings. The van der Waals surface area contributed by atoms with Gasteiger partial charge < -0.3 is 0 Å². The second-order valence-corrected chi connectivity index (χ2v) is 7.32. The number of amidine groups is 1. The lowest BCUT2D eigenvalue weighted by Crippen LogP contribution is -2.24. The number of nitrogens with one attached hydrogen (secondary N) is 2. The molecule has 9 heteroatoms. The van der Waals surface area contributed by atoms with E-state index in [2.05, 4.69) is 14.4 Å². The van der Waals surface area contributed by atoms with Crippen LogP contribution in [0.5, 0.6) is 0 Å². The molecule has 2 aromatic rings. The molecule has 1 aliphatic heterocycles. The number of benzene rings is 2. The molecule has 0 amide bonds. The van der Waals surface area contributed by atoms with Crippen LogP contribution in [0.1, 0.15) is 35.7 Å². The van der Waals surface area contributed by atoms with E-state index in [-0.39, 0.29) is 11.9 Å². The highest BCUT2D eigenvalue weighted by Gasteiger charge is 2.35. The summed E-state index contributed by atoms with van der Waals surface area (Å²) in [6.45, 7) is 1.80. The summed E-state index contributed by atoms with van der Waals surface area (Å²) in [5, 5.41) is 0. The van der Waals surface area contributed by atoms with Crippen LogP contribution in [-0.4, -0.2) is 14.3 Å². The van der Waals surface area contributed by atoms with Gasteiger partial charge in [-0.3, -0.25) is 9.71 Å². The molecule has 1 saturated heterocycles. The van der Waals surface area contributed by atoms with Gasteiger partial charge in [-0.15, -0.1) is 0 Å². The number of rotatable bonds is 3. The summed E-state index contributed by atoms with van der Waals surface area (Å²) in [6, 6.07) is 12.4. The fraction of sp³-hybridized carbons (Fsp3) is 0.235. The Balaban J connectivity index is 1.93. The Kier molecular flexibility index (Phi) is 4.76. The van der Waals surface area contributed by atoms with Crippen molar-refractivity contribution in [1.82, 2.24) is 9.44 Å². The van der Waals surface area contributed by atoms with E-state index in [0.29, 0.717) is 5.56 Å². The largest absolute Gasteiger partial charge is 0.416 e. The highest BCUT2D eigenvalue weighted by Crippen LogP contribution is 2.31. The molecule has 26 heavy (non-hydrogen) atoms. The summed E-state index contributed by atoms with van der Waals surface area (Å²) in [6.07, 6.45) is -4.45. The minimum Gasteiger partial charge on any atom is -0.262 e. The summed E-state index contributed by atoms with van der Waals surface area (Å²) < 4.78 is 66.6. The first kappa shape index (κ1) is 18.4. The summed E-state index contributed by atoms with van der Waals surface area (Å²) in [4.78, 5) is 4.41. The van der Waals surface area contributed by atoms with Crippen LogP contribution in [-0.2, 0) is 16.4 Å². The molecule has 138 valence electrons. The molecule has 1 heterocycles. The third-order valence-electron chi connectivity index (χ3n) is 3.97. The first-order valence-corrected chi connectivity index (χ1v) is 9.24. The molecule has 0 spiro atoms. The second kappa shape index (κ2) is 6.73. The number of nitrogens with zero attached hydrogens (tertiary/aromatic N) is 1. The highest BCUT2D eigenvalue weighted by molar-refractivity contribution is 7.88. The van der Waals surface area contributed by atoms with Gasteiger partial charge in [0.05, 0.1) is 11.6 Å². The molecule has 1 fully saturated rings. The second-order valence-electron chi connectivity index (χ2n) is 5.88. The van der Waals surface area contributed by atoms with Gasteiger partial charge in [-0.1, -0.05) is 42.5 Å². The fourth-order valence-electron chi connectivity index (χ4n) is 2.64. The predicted octanol–water partition coefficient (Wildman–Crippen LogP) is 3.34. The van der Waals surface area contributed by atoms with E-state index < -0.39 is 28.0 Å². The fourth-order valence-corrected chi connectivity index (χ4v) is 3.71. The molecule has 0 aliphatic carbocycles. The van der Waals surface area contributed by atoms with Crippen molar-refractivity contribution in [3.05, 3.63) is 71.3 Å². The van der Waals surface area contributed by atoms with Crippen LogP contribution in [0.3, 0.4) is 0 Å². The molecule has 0 aromatic heterocycles. The smallest absolute Gasteiger partial charge is 0.262 e. The number of alkyl halides is 3. The zero-order valence-corrected chi connectivity index (χ0v) is 14.5. The minimum absolute atomic E-state index is 0.140. The zero-order chi connectivity index (χ0) is 18.9. The number of aliphatic imine (C=N–C) groups is 1. The van der Waals surface area contributed by atoms with Crippen molar-refractivity contribution in [2.24, 2.45) is 4.99 Å². The topological polar surface area (TPSA) is 70.6 Å². The minimum atomic E-state index is -4.45. The molecule has 2 unspecified atom stereocenters. The van der Waals surface area contributed by atoms with Crippen LogP contribution in [0.25, 0.3) is 0 Å². The Bertz CT molecular complexity index is 911. The molecular formula is C17H16F3N3O2S. The summed E-state index contributed by atoms with van der Waals surface area (Å²) in [5.74, 6) is 0.140. The lowest BCUT2D eigenvalue weighted by atomic mass is 10.0. The van der Waals surface area contributed by atoms with Gasteiger partial charge in [0.1, 0.15) is 11.9 Å². The third-order valence-corrected chi connectivity index (χ3v) is 5.00. The lowest BCUT2D eigenvalue weighted by molar-refractivity contribution is -0.137. The van der Waals surface area contributed by atoms with Gasteiger partial charge >= 0.3 is 16.4 Å². The Morgan fingerprint density at radius 1 is 1.04 bits per heavy atom. The van der Waals surface area contributed by atoms with Crippen LogP contribution in [0.4, 0.5) is 13.2 Å². The van der Waals surface area contributed by atoms with Crippen molar-refractivity contribution >= 4 is 16.0 Å². The highest BCUT2D eigenvalue weighted by atomic mass is 32.2. The Labute approximate surface area is 149 Å². The molecule has 3 rings (SSSR count). The van der Waals surface area contributed by atoms with Crippen LogP contribution in [0.2, 0.25) is 0 Å². The average molecular weight is 383 g/mol. The Hall–Kier alpha value is -2.39. The monoisotopic (exact) mass is 383 g/mol. The van der Waals surface area contributed by atoms with Crippen LogP contribution < -0.4 is 9.44 Å². The number of hydrogen-bond acceptors (Lipinski definition) is 3. The normalized spacial score (nSPS) is 22.2. The maximum absolute atomic E-state index is 12.7. The number of halogens is 3. The molecule has 0 radical (unpaired) electrons. The average Bonchev–Trinajstić information content (AvgIpc) is 2.89. The zero-order valence-electron chi connectivity index (χ0n) is 13.7. The molecule has 0 saturated carbocycles. The Morgan fingerprint density at radius 2 is 1.65 bits per heavy atom. The Morgan fingerprint density at radius 3 is 2.23 bits per heavy atom. The van der Waals surface area contributed by atoms with Crippen molar-refractivity contribution in [2.75, 3.05) is 0 Å². The SMILES string of the molecule is CC(N=C1NS(=O)(=O)NC1c1ccc(C(F)(F)F)cc1)c1ccccc1. The molecule has 5 nitrogen and oxygen atoms in total. The standard InChI is InChI=1S/C17H16F3N3O2S/c1-11(12-5-3-2-4-6-12)21-16-15(22-26(24,25)23-16)13-7-9-14(10-8-13)17(18,19)20/h2-11,15,22H,1H3,(H,21,23). The van der Waals surface area contributed by atoms with E-state index in [1.165, 1.54) is 12.1 Å². The quantitative estimate of drug-likeness (QED) is 0.853. The van der Waals surface area contributed by atoms with Crippen LogP contribution in [0.15, 0.2) is 59.6 Å². The van der Waals surface area contributed by atoms with Gasteiger partial charge in [0, 0.05) is 0 Å². The lowest BCUT2D eigenvalue weighted by Gasteiger charge is -2.14. The molecule has 0 bridgehead atoms. The van der Waals surface area contributed by atoms with E-state index in [0.717, 1.165) is 17.7 Å². The van der Waals surface area contributed by atoms with Crippen molar-refractivity contribution in [3.63, 3.8) is 0 Å². The molecule has 2 atom stereocenters. The van der Waals surface area contributed by atoms with Gasteiger partial charge in [-0.2, -0.15) is 26.3 Å². The maximum Gasteiger partial charge on any atom is 0.416 e. The summed E-state index contributed by atoms with van der Waals surface area (Å²) in [7, 11) is -3.81. The molecule has 2 aromatic carbocycles. The van der Waals surface area contributed by atoms with E-state index >= 15 is 0 Å². The van der Waals surface area contributed by atoms with Crippen molar-refractivity contribution in [3.8, 4) is 0 Å². The van der Waals surface area contributed by atoms with Crippen molar-refractivity contribution in [2.45, 2.75) is 25.2 Å². The van der Waals surface area contributed by atoms with E-state index in [1.807, 2.05) is 30.3 Å². The predicted molar refractivity (Wildman–Crippen MR) is 91.7 cm³/mol. The maximum atomic E-state index is 12.7. The van der Waals surface area contributed by atoms with Gasteiger partial charge in [-0.05, 0) is 30.2 Å². The first-order valence-electron chi connectivity index (χ1n) is 7.75. The summed E-state index contributed by atoms with van der Waals surface area (Å²) in [5.41, 5.74) is 0.453. The van der Waals surface area contributed by atoms with Crippen LogP contribution >= 0.6 is 0 Å². The van der Waals surface area contributed by atoms with Crippen LogP contribution in [0, 0.1) is 0 Å². The van der Waals surface area contributed by atoms with Crippen molar-refractivity contribution < 1.29 is 21.6 Å². The van der Waals surface area contributed by atoms with Gasteiger partial charge in [0.15, 0.2) is 0 Å². The van der Waals surface area contributed by atoms with E-state index in [9.17, 15) is 21.6 Å². The molecular weight excluding hydrogens is 367 g/mol. The van der Waals surface area contributed by atoms with E-state index in [4.69, 9.17) is 0 Å².